The van der Waals surface area contributed by atoms with Crippen molar-refractivity contribution in [3.05, 3.63) is 60.8 Å². The zero-order chi connectivity index (χ0) is 21.6. The van der Waals surface area contributed by atoms with Gasteiger partial charge in [0.05, 0.1) is 5.60 Å². The Hall–Kier alpha value is -1.87. The molecule has 1 amide bonds. The van der Waals surface area contributed by atoms with Gasteiger partial charge in [-0.3, -0.25) is 4.79 Å². The summed E-state index contributed by atoms with van der Waals surface area (Å²) in [5, 5.41) is 13.8. The van der Waals surface area contributed by atoms with E-state index in [0.717, 1.165) is 64.2 Å². The Morgan fingerprint density at radius 2 is 1.38 bits per heavy atom. The molecule has 0 aromatic carbocycles. The van der Waals surface area contributed by atoms with E-state index < -0.39 is 5.60 Å². The van der Waals surface area contributed by atoms with Gasteiger partial charge in [0.1, 0.15) is 0 Å². The number of carbonyl (C=O) groups excluding carboxylic acids is 1. The average Bonchev–Trinajstić information content (AvgIpc) is 2.71. The highest BCUT2D eigenvalue weighted by atomic mass is 16.3. The van der Waals surface area contributed by atoms with Crippen molar-refractivity contribution in [2.24, 2.45) is 0 Å². The molecule has 0 aliphatic heterocycles. The van der Waals surface area contributed by atoms with Crippen molar-refractivity contribution < 1.29 is 9.90 Å². The molecule has 0 saturated carbocycles. The zero-order valence-electron chi connectivity index (χ0n) is 18.9. The number of rotatable bonds is 17. The Balaban J connectivity index is 4.22. The molecule has 0 aliphatic rings. The van der Waals surface area contributed by atoms with E-state index in [1.165, 1.54) is 6.08 Å². The quantitative estimate of drug-likeness (QED) is 0.164. The lowest BCUT2D eigenvalue weighted by Crippen LogP contribution is -2.42. The smallest absolute Gasteiger partial charge is 0.244 e. The first kappa shape index (κ1) is 27.1. The molecule has 2 N–H and O–H groups in total. The predicted molar refractivity (Wildman–Crippen MR) is 127 cm³/mol. The van der Waals surface area contributed by atoms with Crippen LogP contribution in [0, 0.1) is 0 Å². The fourth-order valence-electron chi connectivity index (χ4n) is 2.94. The first-order valence-corrected chi connectivity index (χ1v) is 11.4. The maximum atomic E-state index is 12.0. The fraction of sp³-hybridized carbons (Fsp3) is 0.577. The van der Waals surface area contributed by atoms with E-state index in [2.05, 4.69) is 31.3 Å². The summed E-state index contributed by atoms with van der Waals surface area (Å²) in [5.41, 5.74) is -0.780. The minimum absolute atomic E-state index is 0.145. The van der Waals surface area contributed by atoms with Gasteiger partial charge in [0.25, 0.3) is 0 Å². The number of hydrogen-bond donors (Lipinski definition) is 2. The monoisotopic (exact) mass is 401 g/mol. The molecule has 164 valence electrons. The van der Waals surface area contributed by atoms with Crippen molar-refractivity contribution in [1.29, 1.82) is 0 Å². The van der Waals surface area contributed by atoms with E-state index in [0.29, 0.717) is 6.54 Å². The molecule has 0 saturated heterocycles. The third kappa shape index (κ3) is 17.9. The molecule has 29 heavy (non-hydrogen) atoms. The summed E-state index contributed by atoms with van der Waals surface area (Å²) < 4.78 is 0. The van der Waals surface area contributed by atoms with Crippen LogP contribution in [0.15, 0.2) is 60.8 Å². The van der Waals surface area contributed by atoms with Crippen LogP contribution in [0.3, 0.4) is 0 Å². The van der Waals surface area contributed by atoms with Crippen LogP contribution in [0.1, 0.15) is 85.0 Å². The molecule has 0 fully saturated rings. The summed E-state index contributed by atoms with van der Waals surface area (Å²) in [5.74, 6) is -0.145. The highest BCUT2D eigenvalue weighted by molar-refractivity contribution is 5.87. The average molecular weight is 402 g/mol. The number of unbranched alkanes of at least 4 members (excludes halogenated alkanes) is 5. The van der Waals surface area contributed by atoms with Crippen LogP contribution in [0.4, 0.5) is 0 Å². The Labute approximate surface area is 179 Å². The highest BCUT2D eigenvalue weighted by Crippen LogP contribution is 2.22. The Kier molecular flexibility index (Phi) is 18.2. The molecule has 0 unspecified atom stereocenters. The lowest BCUT2D eigenvalue weighted by molar-refractivity contribution is -0.118. The van der Waals surface area contributed by atoms with E-state index in [1.54, 1.807) is 6.08 Å². The molecular weight excluding hydrogens is 358 g/mol. The largest absolute Gasteiger partial charge is 0.388 e. The number of amides is 1. The number of aliphatic hydroxyl groups is 1. The molecule has 0 aliphatic carbocycles. The summed E-state index contributed by atoms with van der Waals surface area (Å²) in [4.78, 5) is 12.0. The topological polar surface area (TPSA) is 49.3 Å². The van der Waals surface area contributed by atoms with Gasteiger partial charge < -0.3 is 10.4 Å². The van der Waals surface area contributed by atoms with Crippen LogP contribution in [-0.4, -0.2) is 23.2 Å². The number of carbonyl (C=O) groups is 1. The molecule has 0 aromatic heterocycles. The molecule has 0 rings (SSSR count). The summed E-state index contributed by atoms with van der Waals surface area (Å²) in [6.07, 6.45) is 29.4. The van der Waals surface area contributed by atoms with E-state index in [9.17, 15) is 9.90 Å². The number of nitrogens with one attached hydrogen (secondary N) is 1. The van der Waals surface area contributed by atoms with Crippen LogP contribution in [-0.2, 0) is 4.79 Å². The van der Waals surface area contributed by atoms with Gasteiger partial charge in [-0.2, -0.15) is 0 Å². The Bertz CT molecular complexity index is 531. The van der Waals surface area contributed by atoms with Crippen LogP contribution in [0.5, 0.6) is 0 Å². The summed E-state index contributed by atoms with van der Waals surface area (Å²) in [6, 6.07) is 0. The molecule has 3 heteroatoms. The second kappa shape index (κ2) is 19.4. The molecule has 0 atom stereocenters. The first-order valence-electron chi connectivity index (χ1n) is 11.4. The lowest BCUT2D eigenvalue weighted by Gasteiger charge is -2.28. The van der Waals surface area contributed by atoms with Gasteiger partial charge in [-0.05, 0) is 32.6 Å². The van der Waals surface area contributed by atoms with Gasteiger partial charge in [0, 0.05) is 12.6 Å². The predicted octanol–water partition coefficient (Wildman–Crippen LogP) is 6.58. The summed E-state index contributed by atoms with van der Waals surface area (Å²) >= 11 is 0. The van der Waals surface area contributed by atoms with Crippen molar-refractivity contribution in [2.75, 3.05) is 6.54 Å². The third-order valence-corrected chi connectivity index (χ3v) is 4.74. The van der Waals surface area contributed by atoms with Crippen LogP contribution in [0.2, 0.25) is 0 Å². The Morgan fingerprint density at radius 3 is 1.93 bits per heavy atom. The van der Waals surface area contributed by atoms with Gasteiger partial charge in [-0.25, -0.2) is 0 Å². The van der Waals surface area contributed by atoms with Crippen molar-refractivity contribution >= 4 is 5.91 Å². The first-order chi connectivity index (χ1) is 14.1. The molecular formula is C26H43NO2. The van der Waals surface area contributed by atoms with Crippen molar-refractivity contribution in [2.45, 2.75) is 90.6 Å². The van der Waals surface area contributed by atoms with Gasteiger partial charge in [0.15, 0.2) is 0 Å². The molecule has 0 aromatic rings. The van der Waals surface area contributed by atoms with Gasteiger partial charge in [0.2, 0.25) is 5.91 Å². The van der Waals surface area contributed by atoms with Gasteiger partial charge in [-0.15, -0.1) is 0 Å². The maximum absolute atomic E-state index is 12.0. The van der Waals surface area contributed by atoms with Crippen molar-refractivity contribution in [3.63, 3.8) is 0 Å². The lowest BCUT2D eigenvalue weighted by atomic mass is 9.90. The number of hydrogen-bond acceptors (Lipinski definition) is 2. The number of allylic oxidation sites excluding steroid dienone is 9. The zero-order valence-corrected chi connectivity index (χ0v) is 18.9. The van der Waals surface area contributed by atoms with Crippen molar-refractivity contribution in [1.82, 2.24) is 5.32 Å². The SMILES string of the molecule is CC=CC=CC=CCCC=CC=CC(=O)NCC(O)(CCCCC)CCCCC. The van der Waals surface area contributed by atoms with Gasteiger partial charge in [-0.1, -0.05) is 107 Å². The summed E-state index contributed by atoms with van der Waals surface area (Å²) in [6.45, 7) is 6.65. The van der Waals surface area contributed by atoms with Crippen molar-refractivity contribution in [3.8, 4) is 0 Å². The normalized spacial score (nSPS) is 13.1. The maximum Gasteiger partial charge on any atom is 0.244 e. The van der Waals surface area contributed by atoms with E-state index in [-0.39, 0.29) is 5.91 Å². The highest BCUT2D eigenvalue weighted by Gasteiger charge is 2.26. The minimum Gasteiger partial charge on any atom is -0.388 e. The second-order valence-corrected chi connectivity index (χ2v) is 7.56. The molecule has 0 radical (unpaired) electrons. The van der Waals surface area contributed by atoms with E-state index >= 15 is 0 Å². The fourth-order valence-corrected chi connectivity index (χ4v) is 2.94. The van der Waals surface area contributed by atoms with Gasteiger partial charge >= 0.3 is 0 Å². The summed E-state index contributed by atoms with van der Waals surface area (Å²) in [7, 11) is 0. The van der Waals surface area contributed by atoms with Crippen LogP contribution in [0.25, 0.3) is 0 Å². The van der Waals surface area contributed by atoms with E-state index in [1.807, 2.05) is 43.4 Å². The van der Waals surface area contributed by atoms with Crippen LogP contribution >= 0.6 is 0 Å². The standard InChI is InChI=1S/C26H43NO2/c1-4-7-10-11-12-13-14-15-16-17-18-21-25(28)27-24-26(29,22-19-8-5-2)23-20-9-6-3/h4,7,10-13,16-18,21,29H,5-6,8-9,14-15,19-20,22-24H2,1-3H3,(H,27,28). The van der Waals surface area contributed by atoms with E-state index in [4.69, 9.17) is 0 Å². The minimum atomic E-state index is -0.780. The third-order valence-electron chi connectivity index (χ3n) is 4.74. The molecule has 0 spiro atoms. The Morgan fingerprint density at radius 1 is 0.828 bits per heavy atom. The van der Waals surface area contributed by atoms with Crippen LogP contribution < -0.4 is 5.32 Å². The molecule has 0 heterocycles. The second-order valence-electron chi connectivity index (χ2n) is 7.56. The molecule has 0 bridgehead atoms. The molecule has 3 nitrogen and oxygen atoms in total.